The summed E-state index contributed by atoms with van der Waals surface area (Å²) in [4.78, 5) is 0. The third kappa shape index (κ3) is 2.04. The van der Waals surface area contributed by atoms with E-state index in [0.29, 0.717) is 0 Å². The number of allylic oxidation sites excluding steroid dienone is 4. The molecule has 0 bridgehead atoms. The Bertz CT molecular complexity index is 282. The standard InChI is InChI=1S/C15H24/c1-4-11(2)14-10-9-12(3)13-7-5-6-8-15(13)14/h6,8,11-12,14H,4-5,7,9-10H2,1-3H3. The lowest BCUT2D eigenvalue weighted by Crippen LogP contribution is -2.23. The molecular formula is C15H24. The lowest BCUT2D eigenvalue weighted by Gasteiger charge is -2.36. The van der Waals surface area contributed by atoms with Crippen LogP contribution in [-0.2, 0) is 0 Å². The van der Waals surface area contributed by atoms with Crippen LogP contribution in [0.4, 0.5) is 0 Å². The van der Waals surface area contributed by atoms with Crippen molar-refractivity contribution in [3.8, 4) is 0 Å². The molecule has 0 aliphatic heterocycles. The predicted molar refractivity (Wildman–Crippen MR) is 66.7 cm³/mol. The molecule has 0 amide bonds. The van der Waals surface area contributed by atoms with Crippen LogP contribution in [0.2, 0.25) is 0 Å². The maximum Gasteiger partial charge on any atom is -0.0137 e. The lowest BCUT2D eigenvalue weighted by molar-refractivity contribution is 0.325. The normalized spacial score (nSPS) is 32.7. The van der Waals surface area contributed by atoms with Crippen LogP contribution in [0, 0.1) is 17.8 Å². The van der Waals surface area contributed by atoms with Crippen LogP contribution in [0.3, 0.4) is 0 Å². The maximum absolute atomic E-state index is 2.44. The molecule has 0 radical (unpaired) electrons. The van der Waals surface area contributed by atoms with E-state index in [4.69, 9.17) is 0 Å². The minimum atomic E-state index is 0.852. The fourth-order valence-corrected chi connectivity index (χ4v) is 3.23. The monoisotopic (exact) mass is 204 g/mol. The van der Waals surface area contributed by atoms with Gasteiger partial charge >= 0.3 is 0 Å². The summed E-state index contributed by atoms with van der Waals surface area (Å²) in [6.07, 6.45) is 11.6. The van der Waals surface area contributed by atoms with Crippen molar-refractivity contribution in [2.45, 2.75) is 52.9 Å². The third-order valence-electron chi connectivity index (χ3n) is 4.48. The first-order valence-electron chi connectivity index (χ1n) is 6.63. The average molecular weight is 204 g/mol. The highest BCUT2D eigenvalue weighted by atomic mass is 14.3. The molecule has 0 heterocycles. The van der Waals surface area contributed by atoms with Gasteiger partial charge in [0, 0.05) is 0 Å². The molecule has 3 atom stereocenters. The van der Waals surface area contributed by atoms with Gasteiger partial charge in [-0.05, 0) is 49.0 Å². The highest BCUT2D eigenvalue weighted by Crippen LogP contribution is 2.42. The SMILES string of the molecule is CCC(C)C1CCC(C)C2=C1C=CCC2. The van der Waals surface area contributed by atoms with Crippen LogP contribution < -0.4 is 0 Å². The van der Waals surface area contributed by atoms with E-state index in [1.54, 1.807) is 11.1 Å². The Morgan fingerprint density at radius 1 is 1.40 bits per heavy atom. The molecule has 2 rings (SSSR count). The topological polar surface area (TPSA) is 0 Å². The Hall–Kier alpha value is -0.520. The summed E-state index contributed by atoms with van der Waals surface area (Å²) < 4.78 is 0. The zero-order valence-corrected chi connectivity index (χ0v) is 10.4. The minimum Gasteiger partial charge on any atom is -0.0839 e. The molecule has 3 unspecified atom stereocenters. The maximum atomic E-state index is 2.44. The Labute approximate surface area is 94.5 Å². The van der Waals surface area contributed by atoms with Gasteiger partial charge in [0.25, 0.3) is 0 Å². The average Bonchev–Trinajstić information content (AvgIpc) is 2.29. The number of rotatable bonds is 2. The summed E-state index contributed by atoms with van der Waals surface area (Å²) in [6.45, 7) is 7.17. The van der Waals surface area contributed by atoms with Gasteiger partial charge in [-0.3, -0.25) is 0 Å². The van der Waals surface area contributed by atoms with Gasteiger partial charge in [0.2, 0.25) is 0 Å². The lowest BCUT2D eigenvalue weighted by atomic mass is 9.69. The van der Waals surface area contributed by atoms with Gasteiger partial charge in [-0.25, -0.2) is 0 Å². The van der Waals surface area contributed by atoms with Crippen LogP contribution in [0.15, 0.2) is 23.3 Å². The first kappa shape index (κ1) is 11.0. The van der Waals surface area contributed by atoms with E-state index in [-0.39, 0.29) is 0 Å². The van der Waals surface area contributed by atoms with E-state index >= 15 is 0 Å². The molecule has 0 aromatic carbocycles. The van der Waals surface area contributed by atoms with Gasteiger partial charge in [0.05, 0.1) is 0 Å². The molecule has 84 valence electrons. The van der Waals surface area contributed by atoms with Crippen LogP contribution in [0.25, 0.3) is 0 Å². The first-order chi connectivity index (χ1) is 7.24. The van der Waals surface area contributed by atoms with Crippen molar-refractivity contribution in [3.63, 3.8) is 0 Å². The van der Waals surface area contributed by atoms with Crippen molar-refractivity contribution >= 4 is 0 Å². The summed E-state index contributed by atoms with van der Waals surface area (Å²) in [5.74, 6) is 2.58. The summed E-state index contributed by atoms with van der Waals surface area (Å²) in [5.41, 5.74) is 3.50. The zero-order chi connectivity index (χ0) is 10.8. The van der Waals surface area contributed by atoms with Gasteiger partial charge in [-0.2, -0.15) is 0 Å². The van der Waals surface area contributed by atoms with Crippen molar-refractivity contribution in [3.05, 3.63) is 23.3 Å². The molecule has 0 saturated heterocycles. The second-order valence-corrected chi connectivity index (χ2v) is 5.39. The molecule has 15 heavy (non-hydrogen) atoms. The minimum absolute atomic E-state index is 0.852. The number of hydrogen-bond acceptors (Lipinski definition) is 0. The van der Waals surface area contributed by atoms with Crippen LogP contribution in [0.1, 0.15) is 52.9 Å². The Morgan fingerprint density at radius 2 is 2.20 bits per heavy atom. The Balaban J connectivity index is 2.27. The summed E-state index contributed by atoms with van der Waals surface area (Å²) in [5, 5.41) is 0. The molecule has 0 aromatic rings. The predicted octanol–water partition coefficient (Wildman–Crippen LogP) is 4.73. The van der Waals surface area contributed by atoms with Crippen LogP contribution >= 0.6 is 0 Å². The fraction of sp³-hybridized carbons (Fsp3) is 0.733. The van der Waals surface area contributed by atoms with E-state index in [0.717, 1.165) is 17.8 Å². The Kier molecular flexibility index (Phi) is 3.33. The van der Waals surface area contributed by atoms with E-state index in [1.165, 1.54) is 32.1 Å². The molecule has 0 spiro atoms. The van der Waals surface area contributed by atoms with Gasteiger partial charge < -0.3 is 0 Å². The van der Waals surface area contributed by atoms with Gasteiger partial charge in [-0.15, -0.1) is 0 Å². The number of hydrogen-bond donors (Lipinski definition) is 0. The summed E-state index contributed by atoms with van der Waals surface area (Å²) >= 11 is 0. The smallest absolute Gasteiger partial charge is 0.0137 e. The molecule has 0 saturated carbocycles. The van der Waals surface area contributed by atoms with Crippen molar-refractivity contribution in [2.24, 2.45) is 17.8 Å². The molecule has 0 nitrogen and oxygen atoms in total. The largest absolute Gasteiger partial charge is 0.0839 e. The van der Waals surface area contributed by atoms with Crippen LogP contribution in [0.5, 0.6) is 0 Å². The molecular weight excluding hydrogens is 180 g/mol. The molecule has 0 N–H and O–H groups in total. The van der Waals surface area contributed by atoms with Crippen molar-refractivity contribution in [2.75, 3.05) is 0 Å². The van der Waals surface area contributed by atoms with E-state index < -0.39 is 0 Å². The molecule has 0 fully saturated rings. The summed E-state index contributed by atoms with van der Waals surface area (Å²) in [7, 11) is 0. The molecule has 2 aliphatic rings. The van der Waals surface area contributed by atoms with E-state index in [1.807, 2.05) is 0 Å². The van der Waals surface area contributed by atoms with Crippen LogP contribution in [-0.4, -0.2) is 0 Å². The fourth-order valence-electron chi connectivity index (χ4n) is 3.23. The van der Waals surface area contributed by atoms with Crippen molar-refractivity contribution in [1.29, 1.82) is 0 Å². The van der Waals surface area contributed by atoms with Gasteiger partial charge in [-0.1, -0.05) is 44.9 Å². The molecule has 2 aliphatic carbocycles. The van der Waals surface area contributed by atoms with Crippen molar-refractivity contribution < 1.29 is 0 Å². The summed E-state index contributed by atoms with van der Waals surface area (Å²) in [6, 6.07) is 0. The van der Waals surface area contributed by atoms with Gasteiger partial charge in [0.1, 0.15) is 0 Å². The highest BCUT2D eigenvalue weighted by molar-refractivity contribution is 5.35. The second-order valence-electron chi connectivity index (χ2n) is 5.39. The third-order valence-corrected chi connectivity index (χ3v) is 4.48. The first-order valence-corrected chi connectivity index (χ1v) is 6.63. The van der Waals surface area contributed by atoms with Gasteiger partial charge in [0.15, 0.2) is 0 Å². The molecule has 0 heteroatoms. The molecule has 0 aromatic heterocycles. The Morgan fingerprint density at radius 3 is 2.93 bits per heavy atom. The zero-order valence-electron chi connectivity index (χ0n) is 10.4. The van der Waals surface area contributed by atoms with E-state index in [2.05, 4.69) is 32.9 Å². The van der Waals surface area contributed by atoms with Crippen molar-refractivity contribution in [1.82, 2.24) is 0 Å². The van der Waals surface area contributed by atoms with E-state index in [9.17, 15) is 0 Å². The second kappa shape index (κ2) is 4.55. The highest BCUT2D eigenvalue weighted by Gasteiger charge is 2.29. The quantitative estimate of drug-likeness (QED) is 0.610.